The summed E-state index contributed by atoms with van der Waals surface area (Å²) in [7, 11) is -0.614. The summed E-state index contributed by atoms with van der Waals surface area (Å²) in [6.45, 7) is 0.265. The fourth-order valence-corrected chi connectivity index (χ4v) is 3.96. The highest BCUT2D eigenvalue weighted by molar-refractivity contribution is 7.92. The molecule has 7 nitrogen and oxygen atoms in total. The summed E-state index contributed by atoms with van der Waals surface area (Å²) in [6, 6.07) is 13.7. The van der Waals surface area contributed by atoms with Crippen LogP contribution in [0.1, 0.15) is 5.56 Å². The van der Waals surface area contributed by atoms with Crippen molar-refractivity contribution in [2.75, 3.05) is 5.75 Å². The molecule has 0 unspecified atom stereocenters. The third-order valence-electron chi connectivity index (χ3n) is 4.26. The number of aromatic nitrogens is 2. The number of amides is 1. The predicted octanol–water partition coefficient (Wildman–Crippen LogP) is 0.967. The van der Waals surface area contributed by atoms with Crippen molar-refractivity contribution in [1.29, 1.82) is 0 Å². The summed E-state index contributed by atoms with van der Waals surface area (Å²) < 4.78 is 27.9. The molecule has 3 aromatic rings. The van der Waals surface area contributed by atoms with E-state index in [9.17, 15) is 18.0 Å². The molecule has 1 heterocycles. The van der Waals surface area contributed by atoms with Crippen molar-refractivity contribution in [3.8, 4) is 0 Å². The van der Waals surface area contributed by atoms with Gasteiger partial charge in [0, 0.05) is 20.6 Å². The number of aryl methyl sites for hydroxylation is 2. The normalized spacial score (nSPS) is 11.6. The van der Waals surface area contributed by atoms with Gasteiger partial charge >= 0.3 is 5.69 Å². The van der Waals surface area contributed by atoms with Gasteiger partial charge in [0.05, 0.1) is 15.9 Å². The number of nitrogens with one attached hydrogen (secondary N) is 1. The van der Waals surface area contributed by atoms with Crippen molar-refractivity contribution in [3.63, 3.8) is 0 Å². The monoisotopic (exact) mass is 373 g/mol. The molecule has 0 aliphatic rings. The first-order chi connectivity index (χ1) is 12.3. The third kappa shape index (κ3) is 3.41. The molecule has 0 radical (unpaired) electrons. The Morgan fingerprint density at radius 1 is 1.00 bits per heavy atom. The Morgan fingerprint density at radius 2 is 1.65 bits per heavy atom. The highest BCUT2D eigenvalue weighted by Gasteiger charge is 2.21. The standard InChI is InChI=1S/C18H19N3O4S/c1-20-15-9-8-14(10-16(15)21(2)18(20)23)26(24,25)12-17(22)19-11-13-6-4-3-5-7-13/h3-10H,11-12H2,1-2H3,(H,19,22). The summed E-state index contributed by atoms with van der Waals surface area (Å²) in [5.74, 6) is -1.22. The topological polar surface area (TPSA) is 90.2 Å². The number of nitrogens with zero attached hydrogens (tertiary/aromatic N) is 2. The highest BCUT2D eigenvalue weighted by atomic mass is 32.2. The molecule has 1 aromatic heterocycles. The molecule has 0 saturated heterocycles. The number of rotatable bonds is 5. The van der Waals surface area contributed by atoms with Crippen molar-refractivity contribution in [1.82, 2.24) is 14.5 Å². The van der Waals surface area contributed by atoms with Gasteiger partial charge in [-0.1, -0.05) is 30.3 Å². The van der Waals surface area contributed by atoms with E-state index < -0.39 is 21.5 Å². The zero-order valence-electron chi connectivity index (χ0n) is 14.5. The lowest BCUT2D eigenvalue weighted by Crippen LogP contribution is -2.29. The second kappa shape index (κ2) is 6.80. The Kier molecular flexibility index (Phi) is 4.69. The Hall–Kier alpha value is -2.87. The number of benzene rings is 2. The molecular weight excluding hydrogens is 354 g/mol. The smallest absolute Gasteiger partial charge is 0.328 e. The lowest BCUT2D eigenvalue weighted by molar-refractivity contribution is -0.118. The van der Waals surface area contributed by atoms with Crippen LogP contribution < -0.4 is 11.0 Å². The maximum absolute atomic E-state index is 12.5. The number of imidazole rings is 1. The van der Waals surface area contributed by atoms with Crippen molar-refractivity contribution in [3.05, 3.63) is 64.6 Å². The first-order valence-electron chi connectivity index (χ1n) is 7.98. The molecule has 3 rings (SSSR count). The highest BCUT2D eigenvalue weighted by Crippen LogP contribution is 2.18. The molecule has 0 bridgehead atoms. The average molecular weight is 373 g/mol. The fourth-order valence-electron chi connectivity index (χ4n) is 2.78. The molecule has 1 N–H and O–H groups in total. The van der Waals surface area contributed by atoms with E-state index >= 15 is 0 Å². The largest absolute Gasteiger partial charge is 0.351 e. The molecule has 0 aliphatic heterocycles. The summed E-state index contributed by atoms with van der Waals surface area (Å²) in [4.78, 5) is 24.0. The first-order valence-corrected chi connectivity index (χ1v) is 9.63. The Bertz CT molecular complexity index is 1130. The molecule has 26 heavy (non-hydrogen) atoms. The van der Waals surface area contributed by atoms with Gasteiger partial charge in [-0.3, -0.25) is 13.9 Å². The lowest BCUT2D eigenvalue weighted by Gasteiger charge is -2.07. The average Bonchev–Trinajstić information content (AvgIpc) is 2.84. The van der Waals surface area contributed by atoms with Crippen molar-refractivity contribution < 1.29 is 13.2 Å². The summed E-state index contributed by atoms with van der Waals surface area (Å²) in [5.41, 5.74) is 1.78. The predicted molar refractivity (Wildman–Crippen MR) is 98.5 cm³/mol. The zero-order chi connectivity index (χ0) is 18.9. The second-order valence-electron chi connectivity index (χ2n) is 6.07. The van der Waals surface area contributed by atoms with E-state index in [4.69, 9.17) is 0 Å². The van der Waals surface area contributed by atoms with Gasteiger partial charge in [-0.15, -0.1) is 0 Å². The van der Waals surface area contributed by atoms with Crippen LogP contribution in [0.4, 0.5) is 0 Å². The quantitative estimate of drug-likeness (QED) is 0.721. The number of hydrogen-bond donors (Lipinski definition) is 1. The van der Waals surface area contributed by atoms with Crippen LogP contribution in [0.5, 0.6) is 0 Å². The van der Waals surface area contributed by atoms with E-state index in [0.29, 0.717) is 11.0 Å². The van der Waals surface area contributed by atoms with Crippen LogP contribution in [0, 0.1) is 0 Å². The van der Waals surface area contributed by atoms with Gasteiger partial charge < -0.3 is 5.32 Å². The Balaban J connectivity index is 1.79. The minimum Gasteiger partial charge on any atom is -0.351 e. The van der Waals surface area contributed by atoms with Crippen LogP contribution >= 0.6 is 0 Å². The van der Waals surface area contributed by atoms with Gasteiger partial charge in [0.1, 0.15) is 5.75 Å². The van der Waals surface area contributed by atoms with Crippen molar-refractivity contribution >= 4 is 26.8 Å². The molecule has 2 aromatic carbocycles. The molecule has 8 heteroatoms. The SMILES string of the molecule is Cn1c(=O)n(C)c2cc(S(=O)(=O)CC(=O)NCc3ccccc3)ccc21. The number of hydrogen-bond acceptors (Lipinski definition) is 4. The molecule has 0 atom stereocenters. The molecule has 0 spiro atoms. The van der Waals surface area contributed by atoms with Crippen LogP contribution in [-0.2, 0) is 35.3 Å². The lowest BCUT2D eigenvalue weighted by atomic mass is 10.2. The number of sulfone groups is 1. The van der Waals surface area contributed by atoms with Gasteiger partial charge in [-0.25, -0.2) is 13.2 Å². The molecule has 1 amide bonds. The summed E-state index contributed by atoms with van der Waals surface area (Å²) in [5, 5.41) is 2.61. The Labute approximate surface area is 150 Å². The molecular formula is C18H19N3O4S. The number of carbonyl (C=O) groups is 1. The molecule has 0 saturated carbocycles. The van der Waals surface area contributed by atoms with Gasteiger partial charge in [-0.05, 0) is 23.8 Å². The first kappa shape index (κ1) is 17.9. The number of carbonyl (C=O) groups excluding carboxylic acids is 1. The second-order valence-corrected chi connectivity index (χ2v) is 8.06. The van der Waals surface area contributed by atoms with E-state index in [-0.39, 0.29) is 17.1 Å². The van der Waals surface area contributed by atoms with Crippen LogP contribution in [0.15, 0.2) is 58.2 Å². The van der Waals surface area contributed by atoms with Crippen LogP contribution in [0.2, 0.25) is 0 Å². The minimum atomic E-state index is -3.81. The van der Waals surface area contributed by atoms with E-state index in [1.807, 2.05) is 30.3 Å². The van der Waals surface area contributed by atoms with Gasteiger partial charge in [0.15, 0.2) is 9.84 Å². The van der Waals surface area contributed by atoms with Gasteiger partial charge in [-0.2, -0.15) is 0 Å². The van der Waals surface area contributed by atoms with E-state index in [0.717, 1.165) is 5.56 Å². The zero-order valence-corrected chi connectivity index (χ0v) is 15.3. The van der Waals surface area contributed by atoms with Crippen LogP contribution in [0.25, 0.3) is 11.0 Å². The Morgan fingerprint density at radius 3 is 2.35 bits per heavy atom. The minimum absolute atomic E-state index is 0.0149. The fraction of sp³-hybridized carbons (Fsp3) is 0.222. The summed E-state index contributed by atoms with van der Waals surface area (Å²) in [6.07, 6.45) is 0. The maximum Gasteiger partial charge on any atom is 0.328 e. The summed E-state index contributed by atoms with van der Waals surface area (Å²) >= 11 is 0. The van der Waals surface area contributed by atoms with E-state index in [1.54, 1.807) is 20.2 Å². The van der Waals surface area contributed by atoms with E-state index in [2.05, 4.69) is 5.32 Å². The van der Waals surface area contributed by atoms with Gasteiger partial charge in [0.2, 0.25) is 5.91 Å². The van der Waals surface area contributed by atoms with Crippen LogP contribution in [0.3, 0.4) is 0 Å². The molecule has 0 fully saturated rings. The molecule has 136 valence electrons. The number of fused-ring (bicyclic) bond motifs is 1. The van der Waals surface area contributed by atoms with Crippen molar-refractivity contribution in [2.45, 2.75) is 11.4 Å². The molecule has 0 aliphatic carbocycles. The maximum atomic E-state index is 12.5. The van der Waals surface area contributed by atoms with Crippen LogP contribution in [-0.4, -0.2) is 29.2 Å². The van der Waals surface area contributed by atoms with Gasteiger partial charge in [0.25, 0.3) is 0 Å². The van der Waals surface area contributed by atoms with E-state index in [1.165, 1.54) is 21.3 Å². The van der Waals surface area contributed by atoms with Crippen molar-refractivity contribution in [2.24, 2.45) is 14.1 Å². The third-order valence-corrected chi connectivity index (χ3v) is 5.87.